The van der Waals surface area contributed by atoms with Crippen molar-refractivity contribution in [2.45, 2.75) is 52.4 Å². The summed E-state index contributed by atoms with van der Waals surface area (Å²) in [6, 6.07) is 0. The van der Waals surface area contributed by atoms with Crippen molar-refractivity contribution in [3.63, 3.8) is 0 Å². The lowest BCUT2D eigenvalue weighted by Crippen LogP contribution is -2.46. The lowest BCUT2D eigenvalue weighted by Gasteiger charge is -2.37. The molecule has 1 saturated carbocycles. The second kappa shape index (κ2) is 7.56. The van der Waals surface area contributed by atoms with Gasteiger partial charge in [0.15, 0.2) is 5.96 Å². The molecular formula is C14H28IN3. The largest absolute Gasteiger partial charge is 0.356 e. The van der Waals surface area contributed by atoms with Crippen LogP contribution in [-0.2, 0) is 0 Å². The molecule has 0 aromatic rings. The van der Waals surface area contributed by atoms with Crippen LogP contribution in [-0.4, -0.2) is 25.6 Å². The molecule has 0 saturated heterocycles. The topological polar surface area (TPSA) is 36.4 Å². The predicted octanol–water partition coefficient (Wildman–Crippen LogP) is 3.15. The van der Waals surface area contributed by atoms with Gasteiger partial charge in [-0.25, -0.2) is 0 Å². The highest BCUT2D eigenvalue weighted by Crippen LogP contribution is 2.37. The van der Waals surface area contributed by atoms with E-state index in [1.807, 2.05) is 0 Å². The van der Waals surface area contributed by atoms with Crippen molar-refractivity contribution in [2.24, 2.45) is 16.3 Å². The average Bonchev–Trinajstić information content (AvgIpc) is 2.39. The number of halogens is 1. The molecule has 0 aromatic carbocycles. The summed E-state index contributed by atoms with van der Waals surface area (Å²) in [4.78, 5) is 4.47. The summed E-state index contributed by atoms with van der Waals surface area (Å²) in [6.07, 6.45) is 8.27. The molecule has 18 heavy (non-hydrogen) atoms. The molecule has 1 heterocycles. The van der Waals surface area contributed by atoms with E-state index < -0.39 is 0 Å². The van der Waals surface area contributed by atoms with Crippen LogP contribution in [0.25, 0.3) is 0 Å². The fraction of sp³-hybridized carbons (Fsp3) is 0.929. The van der Waals surface area contributed by atoms with Gasteiger partial charge in [-0.2, -0.15) is 0 Å². The molecule has 0 aromatic heterocycles. The van der Waals surface area contributed by atoms with Crippen molar-refractivity contribution in [3.8, 4) is 0 Å². The maximum atomic E-state index is 4.47. The number of nitrogens with one attached hydrogen (secondary N) is 2. The molecule has 1 fully saturated rings. The monoisotopic (exact) mass is 365 g/mol. The van der Waals surface area contributed by atoms with Gasteiger partial charge in [-0.15, -0.1) is 24.0 Å². The Morgan fingerprint density at radius 1 is 1.22 bits per heavy atom. The average molecular weight is 365 g/mol. The molecule has 0 amide bonds. The van der Waals surface area contributed by atoms with Gasteiger partial charge in [0, 0.05) is 19.6 Å². The minimum absolute atomic E-state index is 0. The Hall–Kier alpha value is 0. The van der Waals surface area contributed by atoms with Gasteiger partial charge in [0.2, 0.25) is 0 Å². The van der Waals surface area contributed by atoms with Crippen molar-refractivity contribution in [1.82, 2.24) is 10.6 Å². The van der Waals surface area contributed by atoms with Crippen LogP contribution in [0.2, 0.25) is 0 Å². The van der Waals surface area contributed by atoms with Gasteiger partial charge in [-0.1, -0.05) is 33.1 Å². The summed E-state index contributed by atoms with van der Waals surface area (Å²) in [6.45, 7) is 7.89. The molecule has 2 rings (SSSR count). The summed E-state index contributed by atoms with van der Waals surface area (Å²) in [5.74, 6) is 1.90. The fourth-order valence-electron chi connectivity index (χ4n) is 2.99. The summed E-state index contributed by atoms with van der Waals surface area (Å²) < 4.78 is 0. The molecule has 0 radical (unpaired) electrons. The van der Waals surface area contributed by atoms with E-state index in [0.717, 1.165) is 37.9 Å². The van der Waals surface area contributed by atoms with Crippen molar-refractivity contribution < 1.29 is 0 Å². The summed E-state index contributed by atoms with van der Waals surface area (Å²) in [7, 11) is 0. The highest BCUT2D eigenvalue weighted by Gasteiger charge is 2.30. The Morgan fingerprint density at radius 2 is 1.94 bits per heavy atom. The van der Waals surface area contributed by atoms with Crippen LogP contribution in [0, 0.1) is 11.3 Å². The highest BCUT2D eigenvalue weighted by atomic mass is 127. The lowest BCUT2D eigenvalue weighted by molar-refractivity contribution is 0.160. The van der Waals surface area contributed by atoms with Crippen LogP contribution in [0.3, 0.4) is 0 Å². The Bertz CT molecular complexity index is 270. The van der Waals surface area contributed by atoms with Crippen LogP contribution in [0.1, 0.15) is 52.4 Å². The minimum Gasteiger partial charge on any atom is -0.356 e. The maximum Gasteiger partial charge on any atom is 0.191 e. The van der Waals surface area contributed by atoms with Crippen molar-refractivity contribution in [1.29, 1.82) is 0 Å². The molecular weight excluding hydrogens is 337 g/mol. The molecule has 4 heteroatoms. The molecule has 1 aliphatic carbocycles. The summed E-state index contributed by atoms with van der Waals surface area (Å²) in [5.41, 5.74) is 0.391. The minimum atomic E-state index is 0. The van der Waals surface area contributed by atoms with E-state index in [1.165, 1.54) is 32.1 Å². The first kappa shape index (κ1) is 16.1. The predicted molar refractivity (Wildman–Crippen MR) is 88.7 cm³/mol. The quantitative estimate of drug-likeness (QED) is 0.754. The number of nitrogens with zero attached hydrogens (tertiary/aromatic N) is 1. The van der Waals surface area contributed by atoms with Crippen LogP contribution >= 0.6 is 24.0 Å². The van der Waals surface area contributed by atoms with Gasteiger partial charge >= 0.3 is 0 Å². The van der Waals surface area contributed by atoms with E-state index in [9.17, 15) is 0 Å². The van der Waals surface area contributed by atoms with E-state index in [0.29, 0.717) is 5.41 Å². The summed E-state index contributed by atoms with van der Waals surface area (Å²) in [5, 5.41) is 6.83. The third-order valence-electron chi connectivity index (χ3n) is 4.32. The van der Waals surface area contributed by atoms with Crippen LogP contribution < -0.4 is 10.6 Å². The Kier molecular flexibility index (Phi) is 6.74. The molecule has 2 aliphatic rings. The third kappa shape index (κ3) is 4.59. The first-order valence-corrected chi connectivity index (χ1v) is 7.21. The Morgan fingerprint density at radius 3 is 2.56 bits per heavy atom. The number of hydrogen-bond acceptors (Lipinski definition) is 3. The SMILES string of the molecule is CC(C)(CNC1=NCCCN1)C1CCCCC1.I. The zero-order valence-electron chi connectivity index (χ0n) is 11.8. The molecule has 0 bridgehead atoms. The number of guanidine groups is 1. The van der Waals surface area contributed by atoms with E-state index in [4.69, 9.17) is 0 Å². The van der Waals surface area contributed by atoms with E-state index >= 15 is 0 Å². The standard InChI is InChI=1S/C14H27N3.HI/c1-14(2,12-7-4-3-5-8-12)11-17-13-15-9-6-10-16-13;/h12H,3-11H2,1-2H3,(H2,15,16,17);1H. The van der Waals surface area contributed by atoms with Gasteiger partial charge in [0.25, 0.3) is 0 Å². The Balaban J connectivity index is 0.00000162. The first-order valence-electron chi connectivity index (χ1n) is 7.21. The number of hydrogen-bond donors (Lipinski definition) is 2. The molecule has 0 atom stereocenters. The molecule has 3 nitrogen and oxygen atoms in total. The van der Waals surface area contributed by atoms with Gasteiger partial charge < -0.3 is 10.6 Å². The van der Waals surface area contributed by atoms with Crippen molar-refractivity contribution in [2.75, 3.05) is 19.6 Å². The van der Waals surface area contributed by atoms with Gasteiger partial charge in [-0.05, 0) is 30.6 Å². The smallest absolute Gasteiger partial charge is 0.191 e. The van der Waals surface area contributed by atoms with E-state index in [1.54, 1.807) is 0 Å². The van der Waals surface area contributed by atoms with Crippen LogP contribution in [0.4, 0.5) is 0 Å². The lowest BCUT2D eigenvalue weighted by atomic mass is 9.71. The molecule has 2 N–H and O–H groups in total. The van der Waals surface area contributed by atoms with Crippen molar-refractivity contribution >= 4 is 29.9 Å². The molecule has 106 valence electrons. The second-order valence-corrected chi connectivity index (χ2v) is 6.19. The highest BCUT2D eigenvalue weighted by molar-refractivity contribution is 14.0. The molecule has 1 aliphatic heterocycles. The third-order valence-corrected chi connectivity index (χ3v) is 4.32. The first-order chi connectivity index (χ1) is 8.18. The Labute approximate surface area is 129 Å². The van der Waals surface area contributed by atoms with Gasteiger partial charge in [0.05, 0.1) is 0 Å². The number of aliphatic imine (C=N–C) groups is 1. The van der Waals surface area contributed by atoms with Gasteiger partial charge in [0.1, 0.15) is 0 Å². The molecule has 0 spiro atoms. The van der Waals surface area contributed by atoms with Crippen molar-refractivity contribution in [3.05, 3.63) is 0 Å². The fourth-order valence-corrected chi connectivity index (χ4v) is 2.99. The van der Waals surface area contributed by atoms with E-state index in [2.05, 4.69) is 29.5 Å². The summed E-state index contributed by atoms with van der Waals surface area (Å²) >= 11 is 0. The second-order valence-electron chi connectivity index (χ2n) is 6.19. The number of rotatable bonds is 3. The van der Waals surface area contributed by atoms with E-state index in [-0.39, 0.29) is 24.0 Å². The molecule has 0 unspecified atom stereocenters. The zero-order valence-corrected chi connectivity index (χ0v) is 14.1. The van der Waals surface area contributed by atoms with Crippen LogP contribution in [0.15, 0.2) is 4.99 Å². The zero-order chi connectivity index (χ0) is 12.1. The van der Waals surface area contributed by atoms with Crippen LogP contribution in [0.5, 0.6) is 0 Å². The van der Waals surface area contributed by atoms with Gasteiger partial charge in [-0.3, -0.25) is 4.99 Å². The normalized spacial score (nSPS) is 21.6. The maximum absolute atomic E-state index is 4.47.